The Morgan fingerprint density at radius 2 is 1.94 bits per heavy atom. The number of rotatable bonds is 4. The summed E-state index contributed by atoms with van der Waals surface area (Å²) in [5, 5.41) is 12.7. The Morgan fingerprint density at radius 1 is 1.29 bits per heavy atom. The minimum absolute atomic E-state index is 0.0506. The standard InChI is InChI=1S/C12H13N3O2/c13-11-6-14-15(8-11)7-10-3-1-9(2-4-10)5-12(16)17/h1-4,6,8H,5,7,13H2,(H,16,17). The summed E-state index contributed by atoms with van der Waals surface area (Å²) in [6, 6.07) is 7.43. The SMILES string of the molecule is Nc1cnn(Cc2ccc(CC(=O)O)cc2)c1. The Bertz CT molecular complexity index is 517. The fraction of sp³-hybridized carbons (Fsp3) is 0.167. The summed E-state index contributed by atoms with van der Waals surface area (Å²) in [6.45, 7) is 0.630. The molecular formula is C12H13N3O2. The van der Waals surface area contributed by atoms with Crippen LogP contribution in [0, 0.1) is 0 Å². The minimum Gasteiger partial charge on any atom is -0.481 e. The molecule has 2 rings (SSSR count). The summed E-state index contributed by atoms with van der Waals surface area (Å²) in [4.78, 5) is 10.5. The zero-order valence-corrected chi connectivity index (χ0v) is 9.21. The fourth-order valence-corrected chi connectivity index (χ4v) is 1.59. The van der Waals surface area contributed by atoms with Crippen molar-refractivity contribution >= 4 is 11.7 Å². The summed E-state index contributed by atoms with van der Waals surface area (Å²) >= 11 is 0. The van der Waals surface area contributed by atoms with Crippen molar-refractivity contribution in [1.29, 1.82) is 0 Å². The second-order valence-electron chi connectivity index (χ2n) is 3.86. The number of carbonyl (C=O) groups is 1. The van der Waals surface area contributed by atoms with Crippen LogP contribution < -0.4 is 5.73 Å². The van der Waals surface area contributed by atoms with Crippen LogP contribution in [0.15, 0.2) is 36.7 Å². The number of aliphatic carboxylic acids is 1. The molecule has 0 atom stereocenters. The van der Waals surface area contributed by atoms with Crippen molar-refractivity contribution in [2.24, 2.45) is 0 Å². The lowest BCUT2D eigenvalue weighted by molar-refractivity contribution is -0.136. The molecule has 0 spiro atoms. The van der Waals surface area contributed by atoms with E-state index in [0.717, 1.165) is 11.1 Å². The molecule has 2 aromatic rings. The van der Waals surface area contributed by atoms with Crippen molar-refractivity contribution in [2.75, 3.05) is 5.73 Å². The van der Waals surface area contributed by atoms with Gasteiger partial charge in [-0.15, -0.1) is 0 Å². The maximum Gasteiger partial charge on any atom is 0.307 e. The van der Waals surface area contributed by atoms with Gasteiger partial charge in [0.05, 0.1) is 24.8 Å². The Balaban J connectivity index is 2.05. The van der Waals surface area contributed by atoms with E-state index in [1.165, 1.54) is 0 Å². The number of aromatic nitrogens is 2. The lowest BCUT2D eigenvalue weighted by Crippen LogP contribution is -2.02. The van der Waals surface area contributed by atoms with Crippen LogP contribution in [0.1, 0.15) is 11.1 Å². The first kappa shape index (κ1) is 11.2. The van der Waals surface area contributed by atoms with Crippen molar-refractivity contribution in [3.63, 3.8) is 0 Å². The molecule has 0 unspecified atom stereocenters. The van der Waals surface area contributed by atoms with Gasteiger partial charge in [-0.2, -0.15) is 5.10 Å². The Morgan fingerprint density at radius 3 is 2.47 bits per heavy atom. The third kappa shape index (κ3) is 3.07. The molecule has 17 heavy (non-hydrogen) atoms. The van der Waals surface area contributed by atoms with Gasteiger partial charge < -0.3 is 10.8 Å². The van der Waals surface area contributed by atoms with E-state index in [9.17, 15) is 4.79 Å². The fourth-order valence-electron chi connectivity index (χ4n) is 1.59. The number of carboxylic acid groups (broad SMARTS) is 1. The van der Waals surface area contributed by atoms with E-state index in [0.29, 0.717) is 12.2 Å². The van der Waals surface area contributed by atoms with Crippen LogP contribution in [0.3, 0.4) is 0 Å². The summed E-state index contributed by atoms with van der Waals surface area (Å²) in [7, 11) is 0. The monoisotopic (exact) mass is 231 g/mol. The maximum atomic E-state index is 10.5. The molecule has 5 nitrogen and oxygen atoms in total. The van der Waals surface area contributed by atoms with Crippen LogP contribution in [0.2, 0.25) is 0 Å². The van der Waals surface area contributed by atoms with E-state index in [1.807, 2.05) is 24.3 Å². The number of nitrogens with two attached hydrogens (primary N) is 1. The van der Waals surface area contributed by atoms with Gasteiger partial charge in [-0.25, -0.2) is 0 Å². The largest absolute Gasteiger partial charge is 0.481 e. The highest BCUT2D eigenvalue weighted by atomic mass is 16.4. The first-order valence-electron chi connectivity index (χ1n) is 5.21. The predicted molar refractivity (Wildman–Crippen MR) is 63.5 cm³/mol. The average Bonchev–Trinajstić information content (AvgIpc) is 2.66. The molecule has 88 valence electrons. The Hall–Kier alpha value is -2.30. The van der Waals surface area contributed by atoms with Crippen LogP contribution in [-0.4, -0.2) is 20.9 Å². The van der Waals surface area contributed by atoms with Gasteiger partial charge in [-0.1, -0.05) is 24.3 Å². The van der Waals surface area contributed by atoms with Crippen LogP contribution in [0.25, 0.3) is 0 Å². The number of nitrogens with zero attached hydrogens (tertiary/aromatic N) is 2. The highest BCUT2D eigenvalue weighted by Crippen LogP contribution is 2.08. The number of anilines is 1. The molecular weight excluding hydrogens is 218 g/mol. The van der Waals surface area contributed by atoms with Crippen LogP contribution in [0.4, 0.5) is 5.69 Å². The molecule has 0 amide bonds. The number of hydrogen-bond acceptors (Lipinski definition) is 3. The summed E-state index contributed by atoms with van der Waals surface area (Å²) in [5.41, 5.74) is 8.04. The average molecular weight is 231 g/mol. The first-order chi connectivity index (χ1) is 8.13. The number of nitrogen functional groups attached to an aromatic ring is 1. The van der Waals surface area contributed by atoms with Crippen molar-refractivity contribution in [1.82, 2.24) is 9.78 Å². The lowest BCUT2D eigenvalue weighted by atomic mass is 10.1. The zero-order chi connectivity index (χ0) is 12.3. The molecule has 0 bridgehead atoms. The molecule has 0 saturated heterocycles. The number of carboxylic acids is 1. The van der Waals surface area contributed by atoms with Gasteiger partial charge in [0.15, 0.2) is 0 Å². The van der Waals surface area contributed by atoms with Gasteiger partial charge in [0.2, 0.25) is 0 Å². The third-order valence-corrected chi connectivity index (χ3v) is 2.38. The van der Waals surface area contributed by atoms with Crippen molar-refractivity contribution in [2.45, 2.75) is 13.0 Å². The second-order valence-corrected chi connectivity index (χ2v) is 3.86. The van der Waals surface area contributed by atoms with E-state index >= 15 is 0 Å². The van der Waals surface area contributed by atoms with Crippen LogP contribution in [-0.2, 0) is 17.8 Å². The molecule has 0 fully saturated rings. The molecule has 5 heteroatoms. The summed E-state index contributed by atoms with van der Waals surface area (Å²) in [6.07, 6.45) is 3.40. The number of benzene rings is 1. The van der Waals surface area contributed by atoms with Gasteiger partial charge >= 0.3 is 5.97 Å². The minimum atomic E-state index is -0.822. The first-order valence-corrected chi connectivity index (χ1v) is 5.21. The molecule has 0 aliphatic rings. The van der Waals surface area contributed by atoms with Gasteiger partial charge in [0.1, 0.15) is 0 Å². The molecule has 0 radical (unpaired) electrons. The van der Waals surface area contributed by atoms with E-state index < -0.39 is 5.97 Å². The third-order valence-electron chi connectivity index (χ3n) is 2.38. The molecule has 0 aliphatic carbocycles. The molecule has 1 aromatic carbocycles. The van der Waals surface area contributed by atoms with Crippen molar-refractivity contribution < 1.29 is 9.90 Å². The molecule has 3 N–H and O–H groups in total. The van der Waals surface area contributed by atoms with E-state index in [4.69, 9.17) is 10.8 Å². The molecule has 0 aliphatic heterocycles. The zero-order valence-electron chi connectivity index (χ0n) is 9.21. The highest BCUT2D eigenvalue weighted by molar-refractivity contribution is 5.70. The van der Waals surface area contributed by atoms with E-state index in [-0.39, 0.29) is 6.42 Å². The molecule has 1 aromatic heterocycles. The van der Waals surface area contributed by atoms with E-state index in [1.54, 1.807) is 17.1 Å². The highest BCUT2D eigenvalue weighted by Gasteiger charge is 2.01. The predicted octanol–water partition coefficient (Wildman–Crippen LogP) is 1.14. The molecule has 0 saturated carbocycles. The summed E-state index contributed by atoms with van der Waals surface area (Å²) in [5.74, 6) is -0.822. The van der Waals surface area contributed by atoms with Gasteiger partial charge in [0.25, 0.3) is 0 Å². The maximum absolute atomic E-state index is 10.5. The van der Waals surface area contributed by atoms with Crippen molar-refractivity contribution in [3.05, 3.63) is 47.8 Å². The Labute approximate surface area is 98.5 Å². The van der Waals surface area contributed by atoms with Gasteiger partial charge in [0, 0.05) is 6.20 Å². The van der Waals surface area contributed by atoms with Gasteiger partial charge in [-0.05, 0) is 11.1 Å². The Kier molecular flexibility index (Phi) is 3.09. The number of hydrogen-bond donors (Lipinski definition) is 2. The quantitative estimate of drug-likeness (QED) is 0.826. The second kappa shape index (κ2) is 4.69. The van der Waals surface area contributed by atoms with Gasteiger partial charge in [-0.3, -0.25) is 9.48 Å². The molecule has 1 heterocycles. The van der Waals surface area contributed by atoms with Crippen molar-refractivity contribution in [3.8, 4) is 0 Å². The lowest BCUT2D eigenvalue weighted by Gasteiger charge is -2.03. The van der Waals surface area contributed by atoms with Crippen LogP contribution in [0.5, 0.6) is 0 Å². The summed E-state index contributed by atoms with van der Waals surface area (Å²) < 4.78 is 1.74. The van der Waals surface area contributed by atoms with Crippen LogP contribution >= 0.6 is 0 Å². The normalized spacial score (nSPS) is 10.4. The topological polar surface area (TPSA) is 81.1 Å². The van der Waals surface area contributed by atoms with E-state index in [2.05, 4.69) is 5.10 Å². The smallest absolute Gasteiger partial charge is 0.307 e.